The molecule has 1 heterocycles. The van der Waals surface area contributed by atoms with Crippen molar-refractivity contribution < 1.29 is 9.47 Å². The average Bonchev–Trinajstić information content (AvgIpc) is 2.64. The predicted molar refractivity (Wildman–Crippen MR) is 86.7 cm³/mol. The van der Waals surface area contributed by atoms with E-state index in [0.29, 0.717) is 13.2 Å². The van der Waals surface area contributed by atoms with Crippen LogP contribution in [0.15, 0.2) is 23.2 Å². The number of ether oxygens (including phenoxy) is 2. The van der Waals surface area contributed by atoms with Gasteiger partial charge in [0.05, 0.1) is 13.2 Å². The second-order valence-corrected chi connectivity index (χ2v) is 4.01. The molecule has 0 saturated carbocycles. The standard InChI is InChI=1S/C13H19N3O2.HI/c1-14-13(15-2)16-9-10-4-5-11-12(8-10)18-7-3-6-17-11;/h4-5,8H,3,6-7,9H2,1-2H3,(H2,14,15,16);1H. The van der Waals surface area contributed by atoms with E-state index in [9.17, 15) is 0 Å². The normalized spacial score (nSPS) is 14.1. The number of fused-ring (bicyclic) bond motifs is 1. The summed E-state index contributed by atoms with van der Waals surface area (Å²) in [4.78, 5) is 4.06. The summed E-state index contributed by atoms with van der Waals surface area (Å²) in [5.74, 6) is 2.42. The van der Waals surface area contributed by atoms with Crippen molar-refractivity contribution in [1.29, 1.82) is 0 Å². The minimum atomic E-state index is 0. The molecule has 2 N–H and O–H groups in total. The predicted octanol–water partition coefficient (Wildman–Crippen LogP) is 1.76. The highest BCUT2D eigenvalue weighted by molar-refractivity contribution is 14.0. The van der Waals surface area contributed by atoms with Crippen molar-refractivity contribution in [2.45, 2.75) is 13.0 Å². The van der Waals surface area contributed by atoms with Gasteiger partial charge < -0.3 is 20.1 Å². The Kier molecular flexibility index (Phi) is 6.75. The van der Waals surface area contributed by atoms with Gasteiger partial charge in [-0.1, -0.05) is 6.07 Å². The van der Waals surface area contributed by atoms with Crippen LogP contribution in [0.25, 0.3) is 0 Å². The van der Waals surface area contributed by atoms with E-state index in [4.69, 9.17) is 9.47 Å². The van der Waals surface area contributed by atoms with Gasteiger partial charge in [0, 0.05) is 27.1 Å². The van der Waals surface area contributed by atoms with Gasteiger partial charge in [-0.25, -0.2) is 0 Å². The van der Waals surface area contributed by atoms with Crippen LogP contribution < -0.4 is 20.1 Å². The Morgan fingerprint density at radius 1 is 1.26 bits per heavy atom. The molecule has 0 unspecified atom stereocenters. The van der Waals surface area contributed by atoms with Gasteiger partial charge in [0.1, 0.15) is 0 Å². The van der Waals surface area contributed by atoms with Crippen LogP contribution in [0.2, 0.25) is 0 Å². The van der Waals surface area contributed by atoms with E-state index < -0.39 is 0 Å². The topological polar surface area (TPSA) is 54.9 Å². The molecular formula is C13H20IN3O2. The van der Waals surface area contributed by atoms with Crippen LogP contribution in [-0.4, -0.2) is 33.3 Å². The molecule has 0 bridgehead atoms. The first-order valence-electron chi connectivity index (χ1n) is 6.10. The molecule has 0 spiro atoms. The van der Waals surface area contributed by atoms with E-state index in [1.807, 2.05) is 25.2 Å². The maximum Gasteiger partial charge on any atom is 0.190 e. The first kappa shape index (κ1) is 15.9. The zero-order chi connectivity index (χ0) is 12.8. The van der Waals surface area contributed by atoms with Crippen molar-refractivity contribution >= 4 is 29.9 Å². The number of rotatable bonds is 2. The lowest BCUT2D eigenvalue weighted by atomic mass is 10.2. The van der Waals surface area contributed by atoms with Gasteiger partial charge >= 0.3 is 0 Å². The van der Waals surface area contributed by atoms with Crippen molar-refractivity contribution in [3.05, 3.63) is 23.8 Å². The van der Waals surface area contributed by atoms with E-state index in [0.717, 1.165) is 36.0 Å². The molecule has 0 radical (unpaired) electrons. The molecular weight excluding hydrogens is 357 g/mol. The first-order chi connectivity index (χ1) is 8.83. The van der Waals surface area contributed by atoms with E-state index in [1.165, 1.54) is 0 Å². The highest BCUT2D eigenvalue weighted by atomic mass is 127. The molecule has 0 aliphatic carbocycles. The molecule has 0 aromatic heterocycles. The molecule has 0 amide bonds. The van der Waals surface area contributed by atoms with Crippen molar-refractivity contribution in [3.63, 3.8) is 0 Å². The maximum atomic E-state index is 5.65. The van der Waals surface area contributed by atoms with Crippen LogP contribution in [0.1, 0.15) is 12.0 Å². The molecule has 0 saturated heterocycles. The third-order valence-electron chi connectivity index (χ3n) is 2.73. The fraction of sp³-hybridized carbons (Fsp3) is 0.462. The van der Waals surface area contributed by atoms with Gasteiger partial charge in [-0.3, -0.25) is 4.99 Å². The van der Waals surface area contributed by atoms with E-state index in [-0.39, 0.29) is 24.0 Å². The Morgan fingerprint density at radius 3 is 2.68 bits per heavy atom. The average molecular weight is 377 g/mol. The molecule has 6 heteroatoms. The second kappa shape index (κ2) is 8.08. The molecule has 106 valence electrons. The summed E-state index contributed by atoms with van der Waals surface area (Å²) in [6, 6.07) is 6.00. The van der Waals surface area contributed by atoms with Crippen LogP contribution in [0.4, 0.5) is 0 Å². The van der Waals surface area contributed by atoms with Gasteiger partial charge in [-0.15, -0.1) is 24.0 Å². The Balaban J connectivity index is 0.00000180. The van der Waals surface area contributed by atoms with E-state index in [1.54, 1.807) is 7.05 Å². The van der Waals surface area contributed by atoms with E-state index in [2.05, 4.69) is 15.6 Å². The summed E-state index contributed by atoms with van der Waals surface area (Å²) in [5.41, 5.74) is 1.13. The highest BCUT2D eigenvalue weighted by Crippen LogP contribution is 2.30. The van der Waals surface area contributed by atoms with Crippen LogP contribution in [0.3, 0.4) is 0 Å². The number of nitrogens with zero attached hydrogens (tertiary/aromatic N) is 1. The van der Waals surface area contributed by atoms with Gasteiger partial charge in [-0.05, 0) is 17.7 Å². The van der Waals surface area contributed by atoms with Gasteiger partial charge in [0.15, 0.2) is 17.5 Å². The largest absolute Gasteiger partial charge is 0.490 e. The smallest absolute Gasteiger partial charge is 0.190 e. The van der Waals surface area contributed by atoms with Gasteiger partial charge in [-0.2, -0.15) is 0 Å². The number of halogens is 1. The minimum absolute atomic E-state index is 0. The maximum absolute atomic E-state index is 5.65. The molecule has 1 aromatic rings. The van der Waals surface area contributed by atoms with Crippen LogP contribution in [-0.2, 0) is 6.54 Å². The Bertz CT molecular complexity index is 438. The van der Waals surface area contributed by atoms with Crippen molar-refractivity contribution in [1.82, 2.24) is 10.6 Å². The monoisotopic (exact) mass is 377 g/mol. The number of hydrogen-bond donors (Lipinski definition) is 2. The number of nitrogens with one attached hydrogen (secondary N) is 2. The molecule has 2 rings (SSSR count). The van der Waals surface area contributed by atoms with Crippen molar-refractivity contribution in [3.8, 4) is 11.5 Å². The summed E-state index contributed by atoms with van der Waals surface area (Å²) >= 11 is 0. The van der Waals surface area contributed by atoms with Crippen LogP contribution in [0.5, 0.6) is 11.5 Å². The molecule has 1 aliphatic heterocycles. The zero-order valence-electron chi connectivity index (χ0n) is 11.2. The SMILES string of the molecule is CN=C(NC)NCc1ccc2c(c1)OCCCO2.I. The third-order valence-corrected chi connectivity index (χ3v) is 2.73. The number of hydrogen-bond acceptors (Lipinski definition) is 3. The molecule has 0 fully saturated rings. The molecule has 0 atom stereocenters. The Labute approximate surface area is 130 Å². The lowest BCUT2D eigenvalue weighted by Gasteiger charge is -2.11. The molecule has 19 heavy (non-hydrogen) atoms. The van der Waals surface area contributed by atoms with Gasteiger partial charge in [0.25, 0.3) is 0 Å². The third kappa shape index (κ3) is 4.45. The molecule has 1 aliphatic rings. The second-order valence-electron chi connectivity index (χ2n) is 4.01. The Morgan fingerprint density at radius 2 is 2.00 bits per heavy atom. The quantitative estimate of drug-likeness (QED) is 0.469. The number of guanidine groups is 1. The van der Waals surface area contributed by atoms with Crippen LogP contribution >= 0.6 is 24.0 Å². The summed E-state index contributed by atoms with van der Waals surface area (Å²) in [5, 5.41) is 6.18. The number of aliphatic imine (C=N–C) groups is 1. The van der Waals surface area contributed by atoms with Crippen LogP contribution in [0, 0.1) is 0 Å². The lowest BCUT2D eigenvalue weighted by Crippen LogP contribution is -2.34. The van der Waals surface area contributed by atoms with Gasteiger partial charge in [0.2, 0.25) is 0 Å². The molecule has 5 nitrogen and oxygen atoms in total. The lowest BCUT2D eigenvalue weighted by molar-refractivity contribution is 0.297. The Hall–Kier alpha value is -1.18. The fourth-order valence-electron chi connectivity index (χ4n) is 1.78. The molecule has 1 aromatic carbocycles. The summed E-state index contributed by atoms with van der Waals surface area (Å²) in [6.07, 6.45) is 0.925. The first-order valence-corrected chi connectivity index (χ1v) is 6.10. The zero-order valence-corrected chi connectivity index (χ0v) is 13.6. The highest BCUT2D eigenvalue weighted by Gasteiger charge is 2.10. The van der Waals surface area contributed by atoms with E-state index >= 15 is 0 Å². The summed E-state index contributed by atoms with van der Waals surface area (Å²) in [6.45, 7) is 2.13. The minimum Gasteiger partial charge on any atom is -0.490 e. The van der Waals surface area contributed by atoms with Crippen molar-refractivity contribution in [2.24, 2.45) is 4.99 Å². The van der Waals surface area contributed by atoms with Crippen molar-refractivity contribution in [2.75, 3.05) is 27.3 Å². The fourth-order valence-corrected chi connectivity index (χ4v) is 1.78. The summed E-state index contributed by atoms with van der Waals surface area (Å²) < 4.78 is 11.2. The number of benzene rings is 1. The summed E-state index contributed by atoms with van der Waals surface area (Å²) in [7, 11) is 3.58.